The van der Waals surface area contributed by atoms with Crippen molar-refractivity contribution in [2.75, 3.05) is 0 Å². The summed E-state index contributed by atoms with van der Waals surface area (Å²) in [6.45, 7) is 4.97. The van der Waals surface area contributed by atoms with E-state index in [0.717, 1.165) is 19.3 Å². The van der Waals surface area contributed by atoms with Gasteiger partial charge in [-0.15, -0.1) is 0 Å². The number of para-hydroxylation sites is 2. The minimum absolute atomic E-state index is 0.114. The number of rotatable bonds is 3. The topological polar surface area (TPSA) is 4.93 Å². The molecule has 9 rings (SSSR count). The molecule has 1 atom stereocenters. The van der Waals surface area contributed by atoms with Gasteiger partial charge in [-0.1, -0.05) is 105 Å². The van der Waals surface area contributed by atoms with E-state index in [-0.39, 0.29) is 5.41 Å². The highest BCUT2D eigenvalue weighted by Gasteiger charge is 2.44. The van der Waals surface area contributed by atoms with Crippen LogP contribution in [-0.2, 0) is 5.41 Å². The molecule has 1 heteroatoms. The molecule has 0 aliphatic heterocycles. The van der Waals surface area contributed by atoms with Crippen LogP contribution >= 0.6 is 0 Å². The highest BCUT2D eigenvalue weighted by Crippen LogP contribution is 2.55. The van der Waals surface area contributed by atoms with Crippen LogP contribution in [0.2, 0.25) is 0 Å². The summed E-state index contributed by atoms with van der Waals surface area (Å²) < 4.78 is 2.48. The number of allylic oxidation sites excluding steroid dienone is 14. The maximum Gasteiger partial charge on any atom is 0.0537 e. The number of aromatic nitrogens is 1. The Bertz CT molecular complexity index is 2050. The highest BCUT2D eigenvalue weighted by molar-refractivity contribution is 6.10. The molecule has 216 valence electrons. The lowest BCUT2D eigenvalue weighted by molar-refractivity contribution is 0.408. The standard InChI is InChI=1S/C43H39N/c1-43(2)39-26-32(29-17-21-34(22-18-29)44-41-13-7-5-11-37(41)38-12-6-8-14-42(38)44)19-23-35(39)36-24-20-33(27-40(36)43)31-16-15-28-9-3-4-10-30(28)25-31/h3,5-9,11-14,17,19-21,23-26,40H,4,10,15-16,18,22,27H2,1-2H3. The molecule has 1 nitrogen and oxygen atoms in total. The second-order valence-electron chi connectivity index (χ2n) is 13.9. The summed E-state index contributed by atoms with van der Waals surface area (Å²) in [5.41, 5.74) is 17.8. The predicted molar refractivity (Wildman–Crippen MR) is 187 cm³/mol. The van der Waals surface area contributed by atoms with Crippen LogP contribution in [0.3, 0.4) is 0 Å². The van der Waals surface area contributed by atoms with E-state index in [0.29, 0.717) is 5.92 Å². The Kier molecular flexibility index (Phi) is 5.82. The Morgan fingerprint density at radius 1 is 0.682 bits per heavy atom. The molecule has 4 aromatic rings. The molecule has 5 aliphatic carbocycles. The van der Waals surface area contributed by atoms with Crippen molar-refractivity contribution in [1.29, 1.82) is 0 Å². The van der Waals surface area contributed by atoms with E-state index in [1.54, 1.807) is 27.9 Å². The van der Waals surface area contributed by atoms with Crippen molar-refractivity contribution >= 4 is 38.6 Å². The predicted octanol–water partition coefficient (Wildman–Crippen LogP) is 11.5. The summed E-state index contributed by atoms with van der Waals surface area (Å²) >= 11 is 0. The summed E-state index contributed by atoms with van der Waals surface area (Å²) in [5, 5.41) is 2.67. The minimum atomic E-state index is 0.114. The first-order valence-corrected chi connectivity index (χ1v) is 16.6. The fourth-order valence-corrected chi connectivity index (χ4v) is 8.81. The van der Waals surface area contributed by atoms with Gasteiger partial charge in [-0.25, -0.2) is 0 Å². The van der Waals surface area contributed by atoms with E-state index < -0.39 is 0 Å². The van der Waals surface area contributed by atoms with Gasteiger partial charge in [-0.05, 0) is 125 Å². The molecule has 1 aromatic heterocycles. The summed E-state index contributed by atoms with van der Waals surface area (Å²) in [7, 11) is 0. The van der Waals surface area contributed by atoms with E-state index in [4.69, 9.17) is 0 Å². The number of fused-ring (bicyclic) bond motifs is 6. The maximum atomic E-state index is 2.54. The van der Waals surface area contributed by atoms with Gasteiger partial charge in [0.2, 0.25) is 0 Å². The molecule has 0 radical (unpaired) electrons. The third-order valence-electron chi connectivity index (χ3n) is 11.3. The van der Waals surface area contributed by atoms with Gasteiger partial charge >= 0.3 is 0 Å². The Hall–Kier alpha value is -4.36. The fraction of sp³-hybridized carbons (Fsp3) is 0.256. The lowest BCUT2D eigenvalue weighted by atomic mass is 9.71. The van der Waals surface area contributed by atoms with Gasteiger partial charge in [0.25, 0.3) is 0 Å². The molecule has 0 saturated carbocycles. The average Bonchev–Trinajstić information content (AvgIpc) is 3.53. The normalized spacial score (nSPS) is 22.1. The highest BCUT2D eigenvalue weighted by atomic mass is 15.0. The number of nitrogens with zero attached hydrogens (tertiary/aromatic N) is 1. The first-order valence-electron chi connectivity index (χ1n) is 16.6. The first-order chi connectivity index (χ1) is 21.6. The van der Waals surface area contributed by atoms with Crippen molar-refractivity contribution in [3.63, 3.8) is 0 Å². The Labute approximate surface area is 261 Å². The van der Waals surface area contributed by atoms with Crippen molar-refractivity contribution in [3.05, 3.63) is 148 Å². The van der Waals surface area contributed by atoms with Gasteiger partial charge in [0, 0.05) is 16.5 Å². The smallest absolute Gasteiger partial charge is 0.0537 e. The van der Waals surface area contributed by atoms with Gasteiger partial charge in [0.05, 0.1) is 11.0 Å². The molecule has 0 bridgehead atoms. The number of hydrogen-bond donors (Lipinski definition) is 0. The van der Waals surface area contributed by atoms with Gasteiger partial charge in [0.15, 0.2) is 0 Å². The Balaban J connectivity index is 1.04. The zero-order valence-corrected chi connectivity index (χ0v) is 25.9. The summed E-state index contributed by atoms with van der Waals surface area (Å²) in [5.74, 6) is 0.539. The van der Waals surface area contributed by atoms with Crippen molar-refractivity contribution < 1.29 is 0 Å². The average molecular weight is 570 g/mol. The van der Waals surface area contributed by atoms with E-state index >= 15 is 0 Å². The van der Waals surface area contributed by atoms with Crippen molar-refractivity contribution in [2.45, 2.75) is 64.2 Å². The van der Waals surface area contributed by atoms with Gasteiger partial charge in [0.1, 0.15) is 0 Å². The minimum Gasteiger partial charge on any atom is -0.313 e. The third-order valence-corrected chi connectivity index (χ3v) is 11.3. The SMILES string of the molecule is CC1(C)c2cc(C3=CC=C(n4c5ccccc5c5ccccc54)CC3)ccc2C2=CC=C(C3=CC4=C(C=CCC4)CC3)CC21. The second-order valence-corrected chi connectivity index (χ2v) is 13.9. The first kappa shape index (κ1) is 26.1. The molecule has 1 unspecified atom stereocenters. The van der Waals surface area contributed by atoms with Crippen LogP contribution in [0.15, 0.2) is 132 Å². The van der Waals surface area contributed by atoms with Crippen LogP contribution in [0.4, 0.5) is 0 Å². The zero-order valence-electron chi connectivity index (χ0n) is 25.9. The molecule has 0 saturated heterocycles. The van der Waals surface area contributed by atoms with E-state index in [9.17, 15) is 0 Å². The van der Waals surface area contributed by atoms with Crippen LogP contribution < -0.4 is 0 Å². The number of hydrogen-bond acceptors (Lipinski definition) is 0. The van der Waals surface area contributed by atoms with Gasteiger partial charge in [-0.3, -0.25) is 0 Å². The van der Waals surface area contributed by atoms with E-state index in [1.807, 2.05) is 0 Å². The lowest BCUT2D eigenvalue weighted by Gasteiger charge is -2.33. The molecule has 1 heterocycles. The molecule has 3 aromatic carbocycles. The monoisotopic (exact) mass is 569 g/mol. The molecule has 0 spiro atoms. The third kappa shape index (κ3) is 3.91. The Morgan fingerprint density at radius 3 is 2.20 bits per heavy atom. The summed E-state index contributed by atoms with van der Waals surface area (Å²) in [6.07, 6.45) is 25.0. The van der Waals surface area contributed by atoms with Crippen molar-refractivity contribution in [2.24, 2.45) is 5.92 Å². The fourth-order valence-electron chi connectivity index (χ4n) is 8.81. The van der Waals surface area contributed by atoms with Crippen LogP contribution in [0, 0.1) is 5.92 Å². The van der Waals surface area contributed by atoms with E-state index in [2.05, 4.69) is 128 Å². The van der Waals surface area contributed by atoms with Crippen LogP contribution in [-0.4, -0.2) is 4.57 Å². The lowest BCUT2D eigenvalue weighted by Crippen LogP contribution is -2.25. The molecule has 5 aliphatic rings. The summed E-state index contributed by atoms with van der Waals surface area (Å²) in [6, 6.07) is 25.0. The number of benzene rings is 3. The van der Waals surface area contributed by atoms with Gasteiger partial charge in [-0.2, -0.15) is 0 Å². The molecule has 44 heavy (non-hydrogen) atoms. The largest absolute Gasteiger partial charge is 0.313 e. The zero-order chi connectivity index (χ0) is 29.4. The van der Waals surface area contributed by atoms with Crippen LogP contribution in [0.25, 0.3) is 38.6 Å². The molecule has 0 amide bonds. The van der Waals surface area contributed by atoms with Crippen LogP contribution in [0.1, 0.15) is 75.5 Å². The second kappa shape index (κ2) is 9.83. The molecule has 0 N–H and O–H groups in total. The maximum absolute atomic E-state index is 2.54. The van der Waals surface area contributed by atoms with Crippen molar-refractivity contribution in [1.82, 2.24) is 4.57 Å². The molecular weight excluding hydrogens is 530 g/mol. The van der Waals surface area contributed by atoms with Crippen molar-refractivity contribution in [3.8, 4) is 0 Å². The quantitative estimate of drug-likeness (QED) is 0.231. The van der Waals surface area contributed by atoms with E-state index in [1.165, 1.54) is 75.4 Å². The molecule has 0 fully saturated rings. The Morgan fingerprint density at radius 2 is 1.43 bits per heavy atom. The molecular formula is C43H39N. The summed E-state index contributed by atoms with van der Waals surface area (Å²) in [4.78, 5) is 0. The van der Waals surface area contributed by atoms with Gasteiger partial charge < -0.3 is 4.57 Å². The van der Waals surface area contributed by atoms with Crippen LogP contribution in [0.5, 0.6) is 0 Å².